The number of phenols is 1. The quantitative estimate of drug-likeness (QED) is 0.815. The molecule has 0 aliphatic carbocycles. The van der Waals surface area contributed by atoms with E-state index < -0.39 is 0 Å². The fourth-order valence-electron chi connectivity index (χ4n) is 4.25. The molecule has 1 amide bonds. The van der Waals surface area contributed by atoms with Crippen LogP contribution >= 0.6 is 0 Å². The number of hydrogen-bond acceptors (Lipinski definition) is 5. The summed E-state index contributed by atoms with van der Waals surface area (Å²) in [5.41, 5.74) is 4.35. The summed E-state index contributed by atoms with van der Waals surface area (Å²) < 4.78 is 6.06. The maximum absolute atomic E-state index is 11.9. The van der Waals surface area contributed by atoms with E-state index in [2.05, 4.69) is 21.2 Å². The van der Waals surface area contributed by atoms with Crippen LogP contribution in [-0.2, 0) is 11.2 Å². The molecule has 2 heterocycles. The van der Waals surface area contributed by atoms with Crippen LogP contribution < -0.4 is 10.2 Å². The number of hydrogen-bond donors (Lipinski definition) is 2. The second kappa shape index (κ2) is 8.84. The van der Waals surface area contributed by atoms with Crippen LogP contribution in [0, 0.1) is 0 Å². The number of aromatic hydroxyl groups is 1. The third-order valence-electron chi connectivity index (χ3n) is 5.96. The maximum Gasteiger partial charge on any atom is 0.251 e. The molecule has 6 heteroatoms. The predicted molar refractivity (Wildman–Crippen MR) is 114 cm³/mol. The number of amides is 1. The van der Waals surface area contributed by atoms with Gasteiger partial charge in [-0.15, -0.1) is 0 Å². The number of carbonyl (C=O) groups excluding carboxylic acids is 1. The number of benzene rings is 2. The second-order valence-corrected chi connectivity index (χ2v) is 7.74. The first kappa shape index (κ1) is 19.7. The SMILES string of the molecule is CNC(=O)c1ccc2c(c1)CCO[C@H]2CCN1CCN(c2ccc(O)cc2)CC1. The van der Waals surface area contributed by atoms with Crippen molar-refractivity contribution in [3.8, 4) is 5.75 Å². The average Bonchev–Trinajstić information content (AvgIpc) is 2.77. The Bertz CT molecular complexity index is 845. The highest BCUT2D eigenvalue weighted by atomic mass is 16.5. The Labute approximate surface area is 172 Å². The van der Waals surface area contributed by atoms with Crippen molar-refractivity contribution in [1.29, 1.82) is 0 Å². The summed E-state index contributed by atoms with van der Waals surface area (Å²) in [5, 5.41) is 12.1. The number of piperazine rings is 1. The van der Waals surface area contributed by atoms with Crippen LogP contribution in [0.25, 0.3) is 0 Å². The Kier molecular flexibility index (Phi) is 6.02. The fraction of sp³-hybridized carbons (Fsp3) is 0.435. The number of rotatable bonds is 5. The Morgan fingerprint density at radius 1 is 1.14 bits per heavy atom. The van der Waals surface area contributed by atoms with Crippen LogP contribution in [0.3, 0.4) is 0 Å². The molecule has 2 aliphatic heterocycles. The molecular formula is C23H29N3O3. The molecule has 0 saturated carbocycles. The van der Waals surface area contributed by atoms with Crippen LogP contribution in [0.15, 0.2) is 42.5 Å². The molecular weight excluding hydrogens is 366 g/mol. The molecule has 0 spiro atoms. The second-order valence-electron chi connectivity index (χ2n) is 7.74. The topological polar surface area (TPSA) is 65.0 Å². The molecule has 0 unspecified atom stereocenters. The van der Waals surface area contributed by atoms with E-state index in [1.807, 2.05) is 24.3 Å². The first-order chi connectivity index (χ1) is 14.1. The van der Waals surface area contributed by atoms with E-state index in [0.717, 1.165) is 51.1 Å². The molecule has 2 aromatic carbocycles. The molecule has 0 aromatic heterocycles. The lowest BCUT2D eigenvalue weighted by Crippen LogP contribution is -2.46. The first-order valence-corrected chi connectivity index (χ1v) is 10.4. The lowest BCUT2D eigenvalue weighted by atomic mass is 9.93. The fourth-order valence-corrected chi connectivity index (χ4v) is 4.25. The summed E-state index contributed by atoms with van der Waals surface area (Å²) in [6.07, 6.45) is 1.93. The highest BCUT2D eigenvalue weighted by molar-refractivity contribution is 5.94. The maximum atomic E-state index is 11.9. The van der Waals surface area contributed by atoms with Crippen LogP contribution in [0.5, 0.6) is 5.75 Å². The first-order valence-electron chi connectivity index (χ1n) is 10.4. The lowest BCUT2D eigenvalue weighted by molar-refractivity contribution is 0.0288. The van der Waals surface area contributed by atoms with E-state index in [1.165, 1.54) is 16.8 Å². The smallest absolute Gasteiger partial charge is 0.251 e. The van der Waals surface area contributed by atoms with Gasteiger partial charge in [0.2, 0.25) is 0 Å². The van der Waals surface area contributed by atoms with Gasteiger partial charge in [0.15, 0.2) is 0 Å². The molecule has 1 saturated heterocycles. The van der Waals surface area contributed by atoms with E-state index in [0.29, 0.717) is 12.4 Å². The van der Waals surface area contributed by atoms with E-state index in [1.54, 1.807) is 19.2 Å². The number of nitrogens with one attached hydrogen (secondary N) is 1. The van der Waals surface area contributed by atoms with Gasteiger partial charge in [0.1, 0.15) is 5.75 Å². The van der Waals surface area contributed by atoms with Gasteiger partial charge in [0.25, 0.3) is 5.91 Å². The van der Waals surface area contributed by atoms with Gasteiger partial charge in [-0.25, -0.2) is 0 Å². The van der Waals surface area contributed by atoms with Gasteiger partial charge in [-0.1, -0.05) is 6.07 Å². The van der Waals surface area contributed by atoms with E-state index in [-0.39, 0.29) is 12.0 Å². The number of ether oxygens (including phenoxy) is 1. The summed E-state index contributed by atoms with van der Waals surface area (Å²) >= 11 is 0. The van der Waals surface area contributed by atoms with E-state index in [9.17, 15) is 9.90 Å². The molecule has 0 bridgehead atoms. The van der Waals surface area contributed by atoms with E-state index in [4.69, 9.17) is 4.74 Å². The number of phenolic OH excluding ortho intramolecular Hbond substituents is 1. The van der Waals surface area contributed by atoms with Gasteiger partial charge >= 0.3 is 0 Å². The number of anilines is 1. The minimum absolute atomic E-state index is 0.0395. The Morgan fingerprint density at radius 3 is 2.62 bits per heavy atom. The van der Waals surface area contributed by atoms with E-state index >= 15 is 0 Å². The van der Waals surface area contributed by atoms with Crippen LogP contribution in [0.1, 0.15) is 34.0 Å². The third-order valence-corrected chi connectivity index (χ3v) is 5.96. The van der Waals surface area contributed by atoms with Crippen LogP contribution in [0.2, 0.25) is 0 Å². The molecule has 1 fully saturated rings. The number of fused-ring (bicyclic) bond motifs is 1. The van der Waals surface area contributed by atoms with Gasteiger partial charge in [0, 0.05) is 51.0 Å². The molecule has 2 N–H and O–H groups in total. The zero-order valence-electron chi connectivity index (χ0n) is 16.9. The largest absolute Gasteiger partial charge is 0.508 e. The normalized spacial score (nSPS) is 19.6. The molecule has 1 atom stereocenters. The predicted octanol–water partition coefficient (Wildman–Crippen LogP) is 2.58. The molecule has 154 valence electrons. The summed E-state index contributed by atoms with van der Waals surface area (Å²) in [6.45, 7) is 5.74. The summed E-state index contributed by atoms with van der Waals surface area (Å²) in [5.74, 6) is 0.268. The summed E-state index contributed by atoms with van der Waals surface area (Å²) in [7, 11) is 1.66. The van der Waals surface area contributed by atoms with Gasteiger partial charge < -0.3 is 20.1 Å². The Morgan fingerprint density at radius 2 is 1.90 bits per heavy atom. The summed E-state index contributed by atoms with van der Waals surface area (Å²) in [4.78, 5) is 16.8. The molecule has 2 aliphatic rings. The zero-order valence-corrected chi connectivity index (χ0v) is 16.9. The van der Waals surface area contributed by atoms with Gasteiger partial charge in [-0.2, -0.15) is 0 Å². The van der Waals surface area contributed by atoms with Gasteiger partial charge in [-0.05, 0) is 60.4 Å². The Hall–Kier alpha value is -2.57. The monoisotopic (exact) mass is 395 g/mol. The lowest BCUT2D eigenvalue weighted by Gasteiger charge is -2.37. The Balaban J connectivity index is 1.31. The summed E-state index contributed by atoms with van der Waals surface area (Å²) in [6, 6.07) is 13.4. The average molecular weight is 396 g/mol. The van der Waals surface area contributed by atoms with Crippen molar-refractivity contribution in [2.24, 2.45) is 0 Å². The van der Waals surface area contributed by atoms with Crippen molar-refractivity contribution in [2.45, 2.75) is 18.9 Å². The highest BCUT2D eigenvalue weighted by Crippen LogP contribution is 2.31. The minimum Gasteiger partial charge on any atom is -0.508 e. The van der Waals surface area contributed by atoms with Crippen molar-refractivity contribution < 1.29 is 14.6 Å². The number of carbonyl (C=O) groups is 1. The zero-order chi connectivity index (χ0) is 20.2. The van der Waals surface area contributed by atoms with Crippen molar-refractivity contribution in [3.63, 3.8) is 0 Å². The minimum atomic E-state index is -0.0395. The molecule has 4 rings (SSSR count). The molecule has 6 nitrogen and oxygen atoms in total. The molecule has 0 radical (unpaired) electrons. The molecule has 29 heavy (non-hydrogen) atoms. The van der Waals surface area contributed by atoms with Gasteiger partial charge in [0.05, 0.1) is 12.7 Å². The highest BCUT2D eigenvalue weighted by Gasteiger charge is 2.24. The van der Waals surface area contributed by atoms with Crippen molar-refractivity contribution >= 4 is 11.6 Å². The standard InChI is InChI=1S/C23H29N3O3/c1-24-23(28)18-2-7-21-17(16-18)9-15-29-22(21)8-10-25-11-13-26(14-12-25)19-3-5-20(27)6-4-19/h2-7,16,22,27H,8-15H2,1H3,(H,24,28)/t22-/m0/s1. The van der Waals surface area contributed by atoms with Crippen molar-refractivity contribution in [1.82, 2.24) is 10.2 Å². The van der Waals surface area contributed by atoms with Crippen LogP contribution in [-0.4, -0.2) is 62.3 Å². The van der Waals surface area contributed by atoms with Gasteiger partial charge in [-0.3, -0.25) is 9.69 Å². The van der Waals surface area contributed by atoms with Crippen LogP contribution in [0.4, 0.5) is 5.69 Å². The van der Waals surface area contributed by atoms with Crippen molar-refractivity contribution in [3.05, 3.63) is 59.2 Å². The number of nitrogens with zero attached hydrogens (tertiary/aromatic N) is 2. The molecule has 2 aromatic rings. The van der Waals surface area contributed by atoms with Crippen molar-refractivity contribution in [2.75, 3.05) is 51.3 Å². The third kappa shape index (κ3) is 4.54.